The number of benzene rings is 2. The van der Waals surface area contributed by atoms with Gasteiger partial charge in [-0.05, 0) is 31.5 Å². The van der Waals surface area contributed by atoms with E-state index in [1.54, 1.807) is 11.0 Å². The van der Waals surface area contributed by atoms with Gasteiger partial charge in [-0.25, -0.2) is 0 Å². The van der Waals surface area contributed by atoms with Crippen LogP contribution in [0.1, 0.15) is 29.8 Å². The Morgan fingerprint density at radius 3 is 2.21 bits per heavy atom. The van der Waals surface area contributed by atoms with E-state index in [1.807, 2.05) is 49.1 Å². The van der Waals surface area contributed by atoms with E-state index in [1.165, 1.54) is 12.1 Å². The summed E-state index contributed by atoms with van der Waals surface area (Å²) in [6.45, 7) is 5.67. The molecule has 1 aliphatic heterocycles. The summed E-state index contributed by atoms with van der Waals surface area (Å²) in [7, 11) is 0. The number of carbonyl (C=O) groups is 2. The topological polar surface area (TPSA) is 110 Å². The molecule has 29 heavy (non-hydrogen) atoms. The normalized spacial score (nSPS) is 14.6. The highest BCUT2D eigenvalue weighted by atomic mass is 16.6. The number of hydrogen-bond donors (Lipinski definition) is 1. The lowest BCUT2D eigenvalue weighted by atomic mass is 9.83. The Morgan fingerprint density at radius 2 is 1.66 bits per heavy atom. The molecule has 0 saturated carbocycles. The molecule has 8 nitrogen and oxygen atoms in total. The van der Waals surface area contributed by atoms with Gasteiger partial charge in [0.05, 0.1) is 10.3 Å². The van der Waals surface area contributed by atoms with Gasteiger partial charge < -0.3 is 15.5 Å². The largest absolute Gasteiger partial charge is 0.366 e. The minimum absolute atomic E-state index is 0.0296. The number of nitrogens with two attached hydrogens (primary N) is 1. The van der Waals surface area contributed by atoms with E-state index in [0.717, 1.165) is 5.56 Å². The van der Waals surface area contributed by atoms with E-state index in [0.29, 0.717) is 31.9 Å². The molecule has 0 aromatic heterocycles. The predicted octanol–water partition coefficient (Wildman–Crippen LogP) is 2.32. The first-order valence-electron chi connectivity index (χ1n) is 9.40. The minimum Gasteiger partial charge on any atom is -0.366 e. The molecule has 0 spiro atoms. The second kappa shape index (κ2) is 7.90. The lowest BCUT2D eigenvalue weighted by molar-refractivity contribution is -0.384. The highest BCUT2D eigenvalue weighted by Crippen LogP contribution is 2.31. The molecule has 0 unspecified atom stereocenters. The molecule has 2 aromatic rings. The number of anilines is 1. The van der Waals surface area contributed by atoms with Crippen LogP contribution in [-0.2, 0) is 10.2 Å². The molecule has 0 radical (unpaired) electrons. The van der Waals surface area contributed by atoms with Gasteiger partial charge in [0, 0.05) is 37.8 Å². The van der Waals surface area contributed by atoms with E-state index in [9.17, 15) is 19.7 Å². The lowest BCUT2D eigenvalue weighted by Crippen LogP contribution is -2.53. The Bertz CT molecular complexity index is 935. The highest BCUT2D eigenvalue weighted by molar-refractivity contribution is 5.94. The minimum atomic E-state index is -0.710. The Kier molecular flexibility index (Phi) is 5.54. The fraction of sp³-hybridized carbons (Fsp3) is 0.333. The maximum Gasteiger partial charge on any atom is 0.293 e. The van der Waals surface area contributed by atoms with Crippen LogP contribution in [0.4, 0.5) is 11.4 Å². The summed E-state index contributed by atoms with van der Waals surface area (Å²) in [4.78, 5) is 39.0. The summed E-state index contributed by atoms with van der Waals surface area (Å²) in [5.74, 6) is -0.680. The summed E-state index contributed by atoms with van der Waals surface area (Å²) >= 11 is 0. The van der Waals surface area contributed by atoms with Crippen molar-refractivity contribution in [2.45, 2.75) is 19.3 Å². The van der Waals surface area contributed by atoms with Crippen molar-refractivity contribution in [1.82, 2.24) is 4.90 Å². The molecule has 0 aliphatic carbocycles. The lowest BCUT2D eigenvalue weighted by Gasteiger charge is -2.39. The first-order chi connectivity index (χ1) is 13.7. The van der Waals surface area contributed by atoms with Gasteiger partial charge >= 0.3 is 0 Å². The monoisotopic (exact) mass is 396 g/mol. The smallest absolute Gasteiger partial charge is 0.293 e. The zero-order valence-electron chi connectivity index (χ0n) is 16.5. The van der Waals surface area contributed by atoms with Crippen molar-refractivity contribution in [1.29, 1.82) is 0 Å². The van der Waals surface area contributed by atoms with E-state index in [4.69, 9.17) is 5.73 Å². The van der Waals surface area contributed by atoms with Gasteiger partial charge in [0.2, 0.25) is 11.8 Å². The fourth-order valence-corrected chi connectivity index (χ4v) is 3.61. The van der Waals surface area contributed by atoms with Gasteiger partial charge in [-0.3, -0.25) is 19.7 Å². The summed E-state index contributed by atoms with van der Waals surface area (Å²) in [5.41, 5.74) is 5.89. The molecule has 2 aromatic carbocycles. The van der Waals surface area contributed by atoms with Crippen LogP contribution in [0.2, 0.25) is 0 Å². The highest BCUT2D eigenvalue weighted by Gasteiger charge is 2.35. The molecule has 8 heteroatoms. The molecule has 0 bridgehead atoms. The van der Waals surface area contributed by atoms with E-state index < -0.39 is 16.2 Å². The molecule has 1 heterocycles. The summed E-state index contributed by atoms with van der Waals surface area (Å²) in [6, 6.07) is 13.9. The third-order valence-corrected chi connectivity index (χ3v) is 5.39. The Morgan fingerprint density at radius 1 is 1.03 bits per heavy atom. The summed E-state index contributed by atoms with van der Waals surface area (Å²) in [6.07, 6.45) is 0. The average Bonchev–Trinajstić information content (AvgIpc) is 2.73. The first-order valence-corrected chi connectivity index (χ1v) is 9.40. The van der Waals surface area contributed by atoms with Gasteiger partial charge in [0.15, 0.2) is 0 Å². The predicted molar refractivity (Wildman–Crippen MR) is 110 cm³/mol. The van der Waals surface area contributed by atoms with Crippen LogP contribution in [0.25, 0.3) is 0 Å². The van der Waals surface area contributed by atoms with Crippen LogP contribution >= 0.6 is 0 Å². The van der Waals surface area contributed by atoms with Crippen molar-refractivity contribution in [2.75, 3.05) is 31.1 Å². The van der Waals surface area contributed by atoms with Crippen molar-refractivity contribution in [3.8, 4) is 0 Å². The number of amides is 2. The van der Waals surface area contributed by atoms with Gasteiger partial charge in [0.1, 0.15) is 5.69 Å². The third-order valence-electron chi connectivity index (χ3n) is 5.39. The number of piperazine rings is 1. The van der Waals surface area contributed by atoms with Crippen LogP contribution in [0, 0.1) is 10.1 Å². The number of carbonyl (C=O) groups excluding carboxylic acids is 2. The maximum atomic E-state index is 13.1. The maximum absolute atomic E-state index is 13.1. The first kappa shape index (κ1) is 20.3. The number of nitro groups is 1. The average molecular weight is 396 g/mol. The molecule has 0 atom stereocenters. The van der Waals surface area contributed by atoms with Crippen molar-refractivity contribution < 1.29 is 14.5 Å². The quantitative estimate of drug-likeness (QED) is 0.616. The molecular formula is C21H24N4O4. The number of rotatable bonds is 5. The van der Waals surface area contributed by atoms with Crippen LogP contribution in [0.3, 0.4) is 0 Å². The van der Waals surface area contributed by atoms with Gasteiger partial charge in [-0.2, -0.15) is 0 Å². The number of nitro benzene ring substituents is 1. The zero-order valence-corrected chi connectivity index (χ0v) is 16.5. The Hall–Kier alpha value is -3.42. The van der Waals surface area contributed by atoms with Crippen LogP contribution in [0.5, 0.6) is 0 Å². The van der Waals surface area contributed by atoms with Gasteiger partial charge in [-0.1, -0.05) is 30.3 Å². The Balaban J connectivity index is 1.75. The van der Waals surface area contributed by atoms with Gasteiger partial charge in [0.25, 0.3) is 5.69 Å². The van der Waals surface area contributed by atoms with Gasteiger partial charge in [-0.15, -0.1) is 0 Å². The SMILES string of the molecule is CC(C)(C(=O)N1CCN(c2ccc(C(N)=O)cc2[N+](=O)[O-])CC1)c1ccccc1. The van der Waals surface area contributed by atoms with Crippen LogP contribution in [0.15, 0.2) is 48.5 Å². The molecule has 2 amide bonds. The third kappa shape index (κ3) is 4.06. The summed E-state index contributed by atoms with van der Waals surface area (Å²) < 4.78 is 0. The molecule has 3 rings (SSSR count). The number of hydrogen-bond acceptors (Lipinski definition) is 5. The molecule has 1 saturated heterocycles. The van der Waals surface area contributed by atoms with Crippen molar-refractivity contribution >= 4 is 23.2 Å². The van der Waals surface area contributed by atoms with E-state index >= 15 is 0 Å². The zero-order chi connectivity index (χ0) is 21.2. The second-order valence-corrected chi connectivity index (χ2v) is 7.60. The van der Waals surface area contributed by atoms with Crippen molar-refractivity contribution in [3.05, 3.63) is 69.8 Å². The van der Waals surface area contributed by atoms with E-state index in [-0.39, 0.29) is 17.2 Å². The number of primary amides is 1. The fourth-order valence-electron chi connectivity index (χ4n) is 3.61. The molecule has 1 aliphatic rings. The van der Waals surface area contributed by atoms with E-state index in [2.05, 4.69) is 0 Å². The standard InChI is InChI=1S/C21H24N4O4/c1-21(2,16-6-4-3-5-7-16)20(27)24-12-10-23(11-13-24)17-9-8-15(19(22)26)14-18(17)25(28)29/h3-9,14H,10-13H2,1-2H3,(H2,22,26). The molecular weight excluding hydrogens is 372 g/mol. The molecule has 152 valence electrons. The summed E-state index contributed by atoms with van der Waals surface area (Å²) in [5, 5.41) is 11.5. The second-order valence-electron chi connectivity index (χ2n) is 7.60. The van der Waals surface area contributed by atoms with Crippen LogP contribution < -0.4 is 10.6 Å². The Labute approximate surface area is 169 Å². The van der Waals surface area contributed by atoms with Crippen LogP contribution in [-0.4, -0.2) is 47.8 Å². The van der Waals surface area contributed by atoms with Crippen molar-refractivity contribution in [2.24, 2.45) is 5.73 Å². The molecule has 2 N–H and O–H groups in total. The van der Waals surface area contributed by atoms with Crippen molar-refractivity contribution in [3.63, 3.8) is 0 Å². The molecule has 1 fully saturated rings. The number of nitrogens with zero attached hydrogens (tertiary/aromatic N) is 3.